The van der Waals surface area contributed by atoms with Crippen LogP contribution in [-0.4, -0.2) is 60.4 Å². The smallest absolute Gasteiger partial charge is 0.234 e. The molecular formula is C12H19N3O5S. The lowest BCUT2D eigenvalue weighted by Gasteiger charge is -2.03. The number of epoxide rings is 1. The van der Waals surface area contributed by atoms with Crippen molar-refractivity contribution in [2.75, 3.05) is 25.4 Å². The summed E-state index contributed by atoms with van der Waals surface area (Å²) in [5.41, 5.74) is 0. The van der Waals surface area contributed by atoms with Gasteiger partial charge in [-0.3, -0.25) is 24.5 Å². The number of nitrogens with one attached hydrogen (secondary N) is 3. The molecule has 0 radical (unpaired) electrons. The molecule has 2 atom stereocenters. The van der Waals surface area contributed by atoms with Gasteiger partial charge < -0.3 is 15.4 Å². The minimum absolute atomic E-state index is 0.0132. The predicted octanol–water partition coefficient (Wildman–Crippen LogP) is -1.60. The first-order valence-electron chi connectivity index (χ1n) is 6.43. The van der Waals surface area contributed by atoms with Crippen LogP contribution in [0.5, 0.6) is 0 Å². The standard InChI is InChI=1S/C12H19N3O5S/c1-7(16)3-13-10(18)5-15-12-9(20-12)4-14-11(19)6-21-8(2)17/h9,12,15H,3-6H2,1-2H3,(H,13,18)(H,14,19). The van der Waals surface area contributed by atoms with Crippen molar-refractivity contribution in [2.45, 2.75) is 26.2 Å². The van der Waals surface area contributed by atoms with E-state index in [1.807, 2.05) is 0 Å². The molecule has 1 heterocycles. The van der Waals surface area contributed by atoms with Gasteiger partial charge in [0, 0.05) is 13.5 Å². The monoisotopic (exact) mass is 317 g/mol. The number of hydrogen-bond acceptors (Lipinski definition) is 7. The zero-order chi connectivity index (χ0) is 15.8. The van der Waals surface area contributed by atoms with Gasteiger partial charge in [-0.15, -0.1) is 0 Å². The zero-order valence-corrected chi connectivity index (χ0v) is 12.7. The summed E-state index contributed by atoms with van der Waals surface area (Å²) in [4.78, 5) is 44.0. The molecular weight excluding hydrogens is 298 g/mol. The number of ether oxygens (including phenoxy) is 1. The highest BCUT2D eigenvalue weighted by atomic mass is 32.2. The van der Waals surface area contributed by atoms with Gasteiger partial charge in [-0.05, 0) is 6.92 Å². The van der Waals surface area contributed by atoms with Crippen LogP contribution < -0.4 is 16.0 Å². The number of rotatable bonds is 9. The van der Waals surface area contributed by atoms with Crippen LogP contribution in [0.2, 0.25) is 0 Å². The highest BCUT2D eigenvalue weighted by molar-refractivity contribution is 8.14. The Labute approximate surface area is 126 Å². The third-order valence-corrected chi connectivity index (χ3v) is 3.30. The molecule has 118 valence electrons. The highest BCUT2D eigenvalue weighted by Crippen LogP contribution is 2.17. The van der Waals surface area contributed by atoms with Gasteiger partial charge in [-0.2, -0.15) is 0 Å². The molecule has 2 unspecified atom stereocenters. The summed E-state index contributed by atoms with van der Waals surface area (Å²) in [6.07, 6.45) is -0.467. The van der Waals surface area contributed by atoms with Gasteiger partial charge in [-0.1, -0.05) is 11.8 Å². The summed E-state index contributed by atoms with van der Waals surface area (Å²) in [5, 5.41) is 7.82. The number of thioether (sulfide) groups is 1. The largest absolute Gasteiger partial charge is 0.353 e. The molecule has 9 heteroatoms. The van der Waals surface area contributed by atoms with Crippen molar-refractivity contribution in [1.82, 2.24) is 16.0 Å². The minimum Gasteiger partial charge on any atom is -0.353 e. The van der Waals surface area contributed by atoms with Crippen LogP contribution in [0.1, 0.15) is 13.8 Å². The molecule has 0 spiro atoms. The molecule has 21 heavy (non-hydrogen) atoms. The van der Waals surface area contributed by atoms with Gasteiger partial charge in [0.15, 0.2) is 5.12 Å². The lowest BCUT2D eigenvalue weighted by Crippen LogP contribution is -2.38. The maximum absolute atomic E-state index is 11.3. The van der Waals surface area contributed by atoms with Crippen LogP contribution in [0, 0.1) is 0 Å². The van der Waals surface area contributed by atoms with Crippen molar-refractivity contribution >= 4 is 34.5 Å². The molecule has 2 amide bonds. The molecule has 1 aliphatic rings. The second kappa shape index (κ2) is 8.75. The van der Waals surface area contributed by atoms with Gasteiger partial charge in [-0.25, -0.2) is 0 Å². The van der Waals surface area contributed by atoms with E-state index in [4.69, 9.17) is 4.74 Å². The molecule has 0 aromatic rings. The van der Waals surface area contributed by atoms with E-state index in [1.54, 1.807) is 0 Å². The number of carbonyl (C=O) groups excluding carboxylic acids is 4. The van der Waals surface area contributed by atoms with Crippen molar-refractivity contribution in [3.05, 3.63) is 0 Å². The van der Waals surface area contributed by atoms with E-state index in [9.17, 15) is 19.2 Å². The topological polar surface area (TPSA) is 117 Å². The van der Waals surface area contributed by atoms with Gasteiger partial charge in [0.25, 0.3) is 0 Å². The van der Waals surface area contributed by atoms with Crippen molar-refractivity contribution in [3.8, 4) is 0 Å². The van der Waals surface area contributed by atoms with Crippen molar-refractivity contribution in [1.29, 1.82) is 0 Å². The maximum atomic E-state index is 11.3. The third-order valence-electron chi connectivity index (χ3n) is 2.49. The van der Waals surface area contributed by atoms with Gasteiger partial charge >= 0.3 is 0 Å². The quantitative estimate of drug-likeness (QED) is 0.439. The predicted molar refractivity (Wildman–Crippen MR) is 76.5 cm³/mol. The van der Waals surface area contributed by atoms with Crippen LogP contribution in [0.25, 0.3) is 0 Å². The number of amides is 2. The molecule has 1 fully saturated rings. The lowest BCUT2D eigenvalue weighted by atomic mass is 10.4. The molecule has 1 saturated heterocycles. The molecule has 0 aromatic carbocycles. The Kier molecular flexibility index (Phi) is 7.34. The summed E-state index contributed by atoms with van der Waals surface area (Å²) in [6, 6.07) is 0. The lowest BCUT2D eigenvalue weighted by molar-refractivity contribution is -0.123. The molecule has 0 aromatic heterocycles. The Balaban J connectivity index is 2.04. The van der Waals surface area contributed by atoms with E-state index < -0.39 is 0 Å². The maximum Gasteiger partial charge on any atom is 0.234 e. The van der Waals surface area contributed by atoms with E-state index in [2.05, 4.69) is 16.0 Å². The number of hydrogen-bond donors (Lipinski definition) is 3. The van der Waals surface area contributed by atoms with Crippen LogP contribution in [0.15, 0.2) is 0 Å². The van der Waals surface area contributed by atoms with Gasteiger partial charge in [0.05, 0.1) is 18.8 Å². The van der Waals surface area contributed by atoms with E-state index in [0.717, 1.165) is 11.8 Å². The molecule has 0 aliphatic carbocycles. The first-order valence-corrected chi connectivity index (χ1v) is 7.42. The Morgan fingerprint density at radius 1 is 1.05 bits per heavy atom. The first-order chi connectivity index (χ1) is 9.88. The fourth-order valence-electron chi connectivity index (χ4n) is 1.39. The number of ketones is 1. The average Bonchev–Trinajstić information content (AvgIpc) is 3.16. The van der Waals surface area contributed by atoms with Crippen LogP contribution in [-0.2, 0) is 23.9 Å². The van der Waals surface area contributed by atoms with Crippen LogP contribution >= 0.6 is 11.8 Å². The average molecular weight is 317 g/mol. The van der Waals surface area contributed by atoms with Crippen molar-refractivity contribution in [2.24, 2.45) is 0 Å². The summed E-state index contributed by atoms with van der Waals surface area (Å²) in [7, 11) is 0. The molecule has 3 N–H and O–H groups in total. The zero-order valence-electron chi connectivity index (χ0n) is 11.9. The molecule has 1 rings (SSSR count). The second-order valence-electron chi connectivity index (χ2n) is 4.54. The summed E-state index contributed by atoms with van der Waals surface area (Å²) >= 11 is 0.946. The minimum atomic E-state index is -0.290. The van der Waals surface area contributed by atoms with E-state index in [-0.39, 0.29) is 53.9 Å². The molecule has 0 saturated carbocycles. The second-order valence-corrected chi connectivity index (χ2v) is 5.69. The number of carbonyl (C=O) groups is 4. The summed E-state index contributed by atoms with van der Waals surface area (Å²) in [6.45, 7) is 3.17. The fourth-order valence-corrected chi connectivity index (χ4v) is 1.83. The molecule has 8 nitrogen and oxygen atoms in total. The van der Waals surface area contributed by atoms with E-state index in [1.165, 1.54) is 13.8 Å². The van der Waals surface area contributed by atoms with Crippen LogP contribution in [0.3, 0.4) is 0 Å². The summed E-state index contributed by atoms with van der Waals surface area (Å²) in [5.74, 6) is -0.548. The highest BCUT2D eigenvalue weighted by Gasteiger charge is 2.38. The molecule has 0 bridgehead atoms. The molecule has 1 aliphatic heterocycles. The Morgan fingerprint density at radius 3 is 2.38 bits per heavy atom. The van der Waals surface area contributed by atoms with E-state index >= 15 is 0 Å². The Bertz CT molecular complexity index is 391. The van der Waals surface area contributed by atoms with Gasteiger partial charge in [0.2, 0.25) is 11.8 Å². The first kappa shape index (κ1) is 17.6. The van der Waals surface area contributed by atoms with Gasteiger partial charge in [0.1, 0.15) is 18.1 Å². The van der Waals surface area contributed by atoms with Crippen molar-refractivity contribution in [3.63, 3.8) is 0 Å². The summed E-state index contributed by atoms with van der Waals surface area (Å²) < 4.78 is 5.22. The number of Topliss-reactive ketones (excluding diaryl/α,β-unsaturated/α-hetero) is 1. The SMILES string of the molecule is CC(=O)CNC(=O)CNC1OC1CNC(=O)CSC(C)=O. The normalized spacial score (nSPS) is 19.7. The Hall–Kier alpha value is -1.45. The van der Waals surface area contributed by atoms with E-state index in [0.29, 0.717) is 6.54 Å². The Morgan fingerprint density at radius 2 is 1.76 bits per heavy atom. The van der Waals surface area contributed by atoms with Crippen LogP contribution in [0.4, 0.5) is 0 Å². The van der Waals surface area contributed by atoms with Crippen molar-refractivity contribution < 1.29 is 23.9 Å². The fraction of sp³-hybridized carbons (Fsp3) is 0.667. The third kappa shape index (κ3) is 8.43.